The van der Waals surface area contributed by atoms with Crippen LogP contribution in [-0.4, -0.2) is 19.6 Å². The Bertz CT molecular complexity index is 777. The number of nitrogens with zero attached hydrogens (tertiary/aromatic N) is 1. The van der Waals surface area contributed by atoms with Crippen LogP contribution in [0.5, 0.6) is 5.75 Å². The molecule has 0 amide bonds. The highest BCUT2D eigenvalue weighted by atomic mass is 35.5. The fourth-order valence-electron chi connectivity index (χ4n) is 2.13. The van der Waals surface area contributed by atoms with Crippen molar-refractivity contribution in [3.05, 3.63) is 52.5 Å². The number of hydrogen-bond acceptors (Lipinski definition) is 3. The predicted molar refractivity (Wildman–Crippen MR) is 89.4 cm³/mol. The van der Waals surface area contributed by atoms with Gasteiger partial charge in [-0.3, -0.25) is 4.31 Å². The summed E-state index contributed by atoms with van der Waals surface area (Å²) in [4.78, 5) is -0.317. The van der Waals surface area contributed by atoms with Crippen molar-refractivity contribution < 1.29 is 13.5 Å². The van der Waals surface area contributed by atoms with Gasteiger partial charge in [-0.1, -0.05) is 41.4 Å². The Hall–Kier alpha value is -1.43. The van der Waals surface area contributed by atoms with Crippen molar-refractivity contribution in [2.45, 2.75) is 24.8 Å². The predicted octanol–water partition coefficient (Wildman–Crippen LogP) is 4.30. The van der Waals surface area contributed by atoms with Crippen LogP contribution in [0.4, 0.5) is 5.69 Å². The highest BCUT2D eigenvalue weighted by molar-refractivity contribution is 7.93. The molecule has 118 valence electrons. The second-order valence-electron chi connectivity index (χ2n) is 4.96. The number of para-hydroxylation sites is 1. The highest BCUT2D eigenvalue weighted by Crippen LogP contribution is 2.37. The van der Waals surface area contributed by atoms with Crippen LogP contribution < -0.4 is 4.31 Å². The van der Waals surface area contributed by atoms with Crippen molar-refractivity contribution in [3.63, 3.8) is 0 Å². The number of phenolic OH excluding ortho intramolecular Hbond substituents is 1. The van der Waals surface area contributed by atoms with E-state index in [2.05, 4.69) is 0 Å². The SMILES string of the molecule is CC(C)N(c1ccccc1)S(=O)(=O)c1cc(Cl)cc(Cl)c1O. The average Bonchev–Trinajstić information content (AvgIpc) is 2.43. The molecule has 0 atom stereocenters. The third kappa shape index (κ3) is 3.16. The van der Waals surface area contributed by atoms with E-state index in [0.29, 0.717) is 5.69 Å². The summed E-state index contributed by atoms with van der Waals surface area (Å²) < 4.78 is 27.1. The largest absolute Gasteiger partial charge is 0.505 e. The first-order chi connectivity index (χ1) is 10.2. The molecule has 2 aromatic carbocycles. The zero-order valence-electron chi connectivity index (χ0n) is 12.0. The average molecular weight is 360 g/mol. The quantitative estimate of drug-likeness (QED) is 0.884. The van der Waals surface area contributed by atoms with Gasteiger partial charge in [-0.2, -0.15) is 0 Å². The van der Waals surface area contributed by atoms with Crippen LogP contribution in [0.1, 0.15) is 13.8 Å². The first-order valence-corrected chi connectivity index (χ1v) is 8.72. The summed E-state index contributed by atoms with van der Waals surface area (Å²) in [5.41, 5.74) is 0.494. The Balaban J connectivity index is 2.66. The molecule has 0 aromatic heterocycles. The Morgan fingerprint density at radius 1 is 1.09 bits per heavy atom. The van der Waals surface area contributed by atoms with Gasteiger partial charge in [0, 0.05) is 11.1 Å². The van der Waals surface area contributed by atoms with Crippen LogP contribution in [0.15, 0.2) is 47.4 Å². The van der Waals surface area contributed by atoms with Crippen LogP contribution in [0.3, 0.4) is 0 Å². The molecule has 0 saturated carbocycles. The van der Waals surface area contributed by atoms with E-state index < -0.39 is 15.8 Å². The minimum atomic E-state index is -4.01. The van der Waals surface area contributed by atoms with Crippen LogP contribution in [0.2, 0.25) is 10.0 Å². The number of phenols is 1. The molecule has 0 fully saturated rings. The van der Waals surface area contributed by atoms with E-state index in [9.17, 15) is 13.5 Å². The van der Waals surface area contributed by atoms with Gasteiger partial charge in [0.05, 0.1) is 10.7 Å². The molecule has 1 N–H and O–H groups in total. The summed E-state index contributed by atoms with van der Waals surface area (Å²) in [6.07, 6.45) is 0. The van der Waals surface area contributed by atoms with Crippen LogP contribution >= 0.6 is 23.2 Å². The van der Waals surface area contributed by atoms with Crippen molar-refractivity contribution in [3.8, 4) is 5.75 Å². The number of sulfonamides is 1. The molecule has 2 aromatic rings. The fourth-order valence-corrected chi connectivity index (χ4v) is 4.54. The number of anilines is 1. The van der Waals surface area contributed by atoms with Gasteiger partial charge in [0.1, 0.15) is 4.90 Å². The molecule has 4 nitrogen and oxygen atoms in total. The molecule has 2 rings (SSSR count). The minimum Gasteiger partial charge on any atom is -0.505 e. The summed E-state index contributed by atoms with van der Waals surface area (Å²) in [5.74, 6) is -0.507. The molecule has 0 unspecified atom stereocenters. The Morgan fingerprint density at radius 3 is 2.23 bits per heavy atom. The number of benzene rings is 2. The van der Waals surface area contributed by atoms with Gasteiger partial charge < -0.3 is 5.11 Å². The summed E-state index contributed by atoms with van der Waals surface area (Å²) >= 11 is 11.7. The number of halogens is 2. The highest BCUT2D eigenvalue weighted by Gasteiger charge is 2.31. The van der Waals surface area contributed by atoms with Gasteiger partial charge >= 0.3 is 0 Å². The third-order valence-corrected chi connectivity index (χ3v) is 5.53. The topological polar surface area (TPSA) is 57.6 Å². The Labute approximate surface area is 140 Å². The third-order valence-electron chi connectivity index (χ3n) is 3.01. The summed E-state index contributed by atoms with van der Waals surface area (Å²) in [6.45, 7) is 3.49. The van der Waals surface area contributed by atoms with E-state index in [1.165, 1.54) is 16.4 Å². The van der Waals surface area contributed by atoms with Gasteiger partial charge in [-0.15, -0.1) is 0 Å². The molecule has 0 radical (unpaired) electrons. The lowest BCUT2D eigenvalue weighted by Gasteiger charge is -2.28. The molecule has 7 heteroatoms. The molecule has 0 aliphatic carbocycles. The van der Waals surface area contributed by atoms with Crippen molar-refractivity contribution in [1.29, 1.82) is 0 Å². The fraction of sp³-hybridized carbons (Fsp3) is 0.200. The minimum absolute atomic E-state index is 0.108. The zero-order chi connectivity index (χ0) is 16.5. The van der Waals surface area contributed by atoms with Crippen molar-refractivity contribution in [2.75, 3.05) is 4.31 Å². The van der Waals surface area contributed by atoms with Crippen molar-refractivity contribution >= 4 is 38.9 Å². The molecule has 0 bridgehead atoms. The monoisotopic (exact) mass is 359 g/mol. The van der Waals surface area contributed by atoms with Crippen molar-refractivity contribution in [1.82, 2.24) is 0 Å². The summed E-state index contributed by atoms with van der Waals surface area (Å²) in [7, 11) is -4.01. The lowest BCUT2D eigenvalue weighted by molar-refractivity contribution is 0.458. The standard InChI is InChI=1S/C15H15Cl2NO3S/c1-10(2)18(12-6-4-3-5-7-12)22(20,21)14-9-11(16)8-13(17)15(14)19/h3-10,19H,1-2H3. The maximum Gasteiger partial charge on any atom is 0.268 e. The smallest absolute Gasteiger partial charge is 0.268 e. The number of rotatable bonds is 4. The maximum absolute atomic E-state index is 12.9. The molecule has 0 aliphatic heterocycles. The second-order valence-corrected chi connectivity index (χ2v) is 7.59. The van der Waals surface area contributed by atoms with E-state index in [-0.39, 0.29) is 21.0 Å². The molecular formula is C15H15Cl2NO3S. The molecule has 0 spiro atoms. The van der Waals surface area contributed by atoms with Gasteiger partial charge in [0.25, 0.3) is 10.0 Å². The molecule has 0 aliphatic rings. The zero-order valence-corrected chi connectivity index (χ0v) is 14.3. The van der Waals surface area contributed by atoms with E-state index in [4.69, 9.17) is 23.2 Å². The maximum atomic E-state index is 12.9. The van der Waals surface area contributed by atoms with Crippen LogP contribution in [0, 0.1) is 0 Å². The van der Waals surface area contributed by atoms with E-state index >= 15 is 0 Å². The number of aromatic hydroxyl groups is 1. The normalized spacial score (nSPS) is 11.7. The lowest BCUT2D eigenvalue weighted by Crippen LogP contribution is -2.37. The van der Waals surface area contributed by atoms with E-state index in [1.807, 2.05) is 0 Å². The van der Waals surface area contributed by atoms with Gasteiger partial charge in [-0.25, -0.2) is 8.42 Å². The molecule has 0 heterocycles. The van der Waals surface area contributed by atoms with Crippen LogP contribution in [0.25, 0.3) is 0 Å². The summed E-state index contributed by atoms with van der Waals surface area (Å²) in [6, 6.07) is 10.8. The Kier molecular flexibility index (Phi) is 4.90. The first kappa shape index (κ1) is 16.9. The van der Waals surface area contributed by atoms with Crippen LogP contribution in [-0.2, 0) is 10.0 Å². The lowest BCUT2D eigenvalue weighted by atomic mass is 10.3. The van der Waals surface area contributed by atoms with Gasteiger partial charge in [0.2, 0.25) is 0 Å². The number of hydrogen-bond donors (Lipinski definition) is 1. The van der Waals surface area contributed by atoms with E-state index in [0.717, 1.165) is 0 Å². The first-order valence-electron chi connectivity index (χ1n) is 6.52. The molecule has 22 heavy (non-hydrogen) atoms. The molecule has 0 saturated heterocycles. The van der Waals surface area contributed by atoms with E-state index in [1.54, 1.807) is 44.2 Å². The Morgan fingerprint density at radius 2 is 1.68 bits per heavy atom. The molecular weight excluding hydrogens is 345 g/mol. The van der Waals surface area contributed by atoms with Crippen molar-refractivity contribution in [2.24, 2.45) is 0 Å². The summed E-state index contributed by atoms with van der Waals surface area (Å²) in [5, 5.41) is 10.1. The van der Waals surface area contributed by atoms with Gasteiger partial charge in [-0.05, 0) is 38.1 Å². The second kappa shape index (κ2) is 6.36. The van der Waals surface area contributed by atoms with Gasteiger partial charge in [0.15, 0.2) is 5.75 Å².